The molecule has 0 bridgehead atoms. The molecule has 2 N–H and O–H groups in total. The zero-order valence-electron chi connectivity index (χ0n) is 8.59. The molecule has 1 atom stereocenters. The fourth-order valence-electron chi connectivity index (χ4n) is 2.27. The van der Waals surface area contributed by atoms with Crippen molar-refractivity contribution >= 4 is 11.4 Å². The van der Waals surface area contributed by atoms with Gasteiger partial charge in [-0.25, -0.2) is 4.39 Å². The quantitative estimate of drug-likeness (QED) is 0.738. The molecule has 0 saturated heterocycles. The van der Waals surface area contributed by atoms with Crippen LogP contribution in [-0.4, -0.2) is 12.6 Å². The summed E-state index contributed by atoms with van der Waals surface area (Å²) in [4.78, 5) is 0. The van der Waals surface area contributed by atoms with Gasteiger partial charge in [0, 0.05) is 12.6 Å². The lowest BCUT2D eigenvalue weighted by molar-refractivity contribution is 0.609. The second-order valence-corrected chi connectivity index (χ2v) is 4.49. The summed E-state index contributed by atoms with van der Waals surface area (Å²) in [5.74, 6) is 0.663. The van der Waals surface area contributed by atoms with Gasteiger partial charge in [-0.05, 0) is 43.4 Å². The molecule has 3 heteroatoms. The third-order valence-corrected chi connectivity index (χ3v) is 3.28. The van der Waals surface area contributed by atoms with Crippen LogP contribution in [-0.2, 0) is 0 Å². The number of hydrogen-bond acceptors (Lipinski definition) is 2. The number of halogens is 1. The van der Waals surface area contributed by atoms with E-state index in [1.807, 2.05) is 6.07 Å². The monoisotopic (exact) mass is 206 g/mol. The molecule has 2 nitrogen and oxygen atoms in total. The van der Waals surface area contributed by atoms with Crippen molar-refractivity contribution in [2.75, 3.05) is 17.2 Å². The molecule has 1 unspecified atom stereocenters. The summed E-state index contributed by atoms with van der Waals surface area (Å²) in [7, 11) is 0. The van der Waals surface area contributed by atoms with Crippen molar-refractivity contribution in [3.8, 4) is 0 Å². The molecular formula is C12H15FN2. The van der Waals surface area contributed by atoms with Gasteiger partial charge in [0.05, 0.1) is 11.4 Å². The maximum absolute atomic E-state index is 13.0. The van der Waals surface area contributed by atoms with E-state index in [-0.39, 0.29) is 5.82 Å². The molecule has 0 amide bonds. The first kappa shape index (κ1) is 9.01. The third-order valence-electron chi connectivity index (χ3n) is 3.28. The van der Waals surface area contributed by atoms with Crippen molar-refractivity contribution < 1.29 is 4.39 Å². The van der Waals surface area contributed by atoms with Gasteiger partial charge in [-0.3, -0.25) is 0 Å². The van der Waals surface area contributed by atoms with E-state index in [9.17, 15) is 4.39 Å². The Kier molecular flexibility index (Phi) is 2.04. The molecule has 1 aromatic carbocycles. The predicted octanol–water partition coefficient (Wildman–Crippen LogP) is 2.83. The van der Waals surface area contributed by atoms with E-state index in [2.05, 4.69) is 10.6 Å². The van der Waals surface area contributed by atoms with Crippen LogP contribution in [0.1, 0.15) is 19.3 Å². The van der Waals surface area contributed by atoms with Gasteiger partial charge in [-0.15, -0.1) is 0 Å². The standard InChI is InChI=1S/C12H15FN2/c13-9-3-4-11-12(7-9)14-6-5-10(15-11)8-1-2-8/h3-4,7-8,10,14-15H,1-2,5-6H2. The lowest BCUT2D eigenvalue weighted by Gasteiger charge is -2.16. The van der Waals surface area contributed by atoms with Gasteiger partial charge < -0.3 is 10.6 Å². The van der Waals surface area contributed by atoms with Gasteiger partial charge in [0.2, 0.25) is 0 Å². The highest BCUT2D eigenvalue weighted by atomic mass is 19.1. The van der Waals surface area contributed by atoms with E-state index in [4.69, 9.17) is 0 Å². The van der Waals surface area contributed by atoms with E-state index in [1.165, 1.54) is 18.9 Å². The van der Waals surface area contributed by atoms with E-state index in [0.29, 0.717) is 6.04 Å². The smallest absolute Gasteiger partial charge is 0.125 e. The largest absolute Gasteiger partial charge is 0.383 e. The van der Waals surface area contributed by atoms with Crippen LogP contribution in [0.2, 0.25) is 0 Å². The Hall–Kier alpha value is -1.25. The Morgan fingerprint density at radius 3 is 2.80 bits per heavy atom. The second kappa shape index (κ2) is 3.40. The number of hydrogen-bond donors (Lipinski definition) is 2. The maximum Gasteiger partial charge on any atom is 0.125 e. The lowest BCUT2D eigenvalue weighted by atomic mass is 10.1. The van der Waals surface area contributed by atoms with Crippen LogP contribution in [0.25, 0.3) is 0 Å². The molecule has 1 aliphatic heterocycles. The minimum Gasteiger partial charge on any atom is -0.383 e. The van der Waals surface area contributed by atoms with Crippen molar-refractivity contribution in [3.05, 3.63) is 24.0 Å². The zero-order valence-corrected chi connectivity index (χ0v) is 8.59. The van der Waals surface area contributed by atoms with Crippen LogP contribution in [0.5, 0.6) is 0 Å². The summed E-state index contributed by atoms with van der Waals surface area (Å²) in [6.07, 6.45) is 3.81. The van der Waals surface area contributed by atoms with E-state index in [0.717, 1.165) is 30.3 Å². The Morgan fingerprint density at radius 1 is 1.13 bits per heavy atom. The molecule has 1 saturated carbocycles. The molecule has 15 heavy (non-hydrogen) atoms. The van der Waals surface area contributed by atoms with Gasteiger partial charge in [0.25, 0.3) is 0 Å². The maximum atomic E-state index is 13.0. The highest BCUT2D eigenvalue weighted by Gasteiger charge is 2.32. The van der Waals surface area contributed by atoms with E-state index >= 15 is 0 Å². The molecule has 3 rings (SSSR count). The molecule has 80 valence electrons. The molecular weight excluding hydrogens is 191 g/mol. The van der Waals surface area contributed by atoms with Gasteiger partial charge in [0.15, 0.2) is 0 Å². The summed E-state index contributed by atoms with van der Waals surface area (Å²) >= 11 is 0. The number of benzene rings is 1. The normalized spacial score (nSPS) is 24.7. The Labute approximate surface area is 88.9 Å². The van der Waals surface area contributed by atoms with E-state index < -0.39 is 0 Å². The topological polar surface area (TPSA) is 24.1 Å². The van der Waals surface area contributed by atoms with Crippen molar-refractivity contribution in [2.45, 2.75) is 25.3 Å². The average molecular weight is 206 g/mol. The number of nitrogens with one attached hydrogen (secondary N) is 2. The van der Waals surface area contributed by atoms with Gasteiger partial charge in [0.1, 0.15) is 5.82 Å². The highest BCUT2D eigenvalue weighted by Crippen LogP contribution is 2.38. The molecule has 0 spiro atoms. The Morgan fingerprint density at radius 2 is 2.00 bits per heavy atom. The molecule has 1 heterocycles. The number of anilines is 2. The summed E-state index contributed by atoms with van der Waals surface area (Å²) in [6.45, 7) is 0.935. The van der Waals surface area contributed by atoms with Gasteiger partial charge >= 0.3 is 0 Å². The SMILES string of the molecule is Fc1ccc2c(c1)NCCC(C1CC1)N2. The predicted molar refractivity (Wildman–Crippen MR) is 59.6 cm³/mol. The van der Waals surface area contributed by atoms with Crippen molar-refractivity contribution in [3.63, 3.8) is 0 Å². The van der Waals surface area contributed by atoms with Gasteiger partial charge in [-0.2, -0.15) is 0 Å². The average Bonchev–Trinajstić information content (AvgIpc) is 3.02. The molecule has 0 aromatic heterocycles. The minimum atomic E-state index is -0.173. The third kappa shape index (κ3) is 1.78. The van der Waals surface area contributed by atoms with Gasteiger partial charge in [-0.1, -0.05) is 0 Å². The van der Waals surface area contributed by atoms with Crippen LogP contribution < -0.4 is 10.6 Å². The Bertz CT molecular complexity index is 374. The summed E-state index contributed by atoms with van der Waals surface area (Å²) in [5.41, 5.74) is 1.95. The summed E-state index contributed by atoms with van der Waals surface area (Å²) in [5, 5.41) is 6.80. The number of rotatable bonds is 1. The fraction of sp³-hybridized carbons (Fsp3) is 0.500. The molecule has 0 radical (unpaired) electrons. The van der Waals surface area contributed by atoms with Crippen molar-refractivity contribution in [1.29, 1.82) is 0 Å². The van der Waals surface area contributed by atoms with Crippen LogP contribution >= 0.6 is 0 Å². The van der Waals surface area contributed by atoms with Crippen LogP contribution in [0.3, 0.4) is 0 Å². The van der Waals surface area contributed by atoms with Crippen LogP contribution in [0, 0.1) is 11.7 Å². The van der Waals surface area contributed by atoms with Crippen LogP contribution in [0.4, 0.5) is 15.8 Å². The second-order valence-electron chi connectivity index (χ2n) is 4.49. The zero-order chi connectivity index (χ0) is 10.3. The van der Waals surface area contributed by atoms with Crippen molar-refractivity contribution in [1.82, 2.24) is 0 Å². The number of fused-ring (bicyclic) bond motifs is 1. The fourth-order valence-corrected chi connectivity index (χ4v) is 2.27. The summed E-state index contributed by atoms with van der Waals surface area (Å²) in [6, 6.07) is 5.49. The summed E-state index contributed by atoms with van der Waals surface area (Å²) < 4.78 is 13.0. The molecule has 1 aromatic rings. The first-order valence-corrected chi connectivity index (χ1v) is 5.63. The molecule has 1 fully saturated rings. The van der Waals surface area contributed by atoms with E-state index in [1.54, 1.807) is 6.07 Å². The first-order valence-electron chi connectivity index (χ1n) is 5.63. The molecule has 2 aliphatic rings. The Balaban J connectivity index is 1.88. The first-order chi connectivity index (χ1) is 7.33. The molecule has 1 aliphatic carbocycles. The van der Waals surface area contributed by atoms with Crippen molar-refractivity contribution in [2.24, 2.45) is 5.92 Å². The highest BCUT2D eigenvalue weighted by molar-refractivity contribution is 5.70. The van der Waals surface area contributed by atoms with Crippen LogP contribution in [0.15, 0.2) is 18.2 Å². The minimum absolute atomic E-state index is 0.173. The lowest BCUT2D eigenvalue weighted by Crippen LogP contribution is -2.21.